The number of amides is 1. The third kappa shape index (κ3) is 4.42. The number of imidazole rings is 1. The Labute approximate surface area is 192 Å². The Morgan fingerprint density at radius 1 is 1.15 bits per heavy atom. The minimum Gasteiger partial charge on any atom is -0.386 e. The standard InChI is InChI=1S/C25H26N6O2/c1-29(24(32)20-5-2-4-19(14-20)15-30-13-11-26-18-30)16-25(33)8-12-31(17-25)22-7-10-27-21-6-3-9-28-23(21)22/h2-7,9-11,13-14,18,33H,8,12,15-17H2,1H3. The van der Waals surface area contributed by atoms with Crippen LogP contribution in [-0.2, 0) is 6.54 Å². The normalized spacial score (nSPS) is 18.1. The topological polar surface area (TPSA) is 87.4 Å². The lowest BCUT2D eigenvalue weighted by Gasteiger charge is -2.29. The van der Waals surface area contributed by atoms with Gasteiger partial charge in [0.15, 0.2) is 0 Å². The van der Waals surface area contributed by atoms with Gasteiger partial charge < -0.3 is 19.5 Å². The summed E-state index contributed by atoms with van der Waals surface area (Å²) in [5, 5.41) is 11.3. The summed E-state index contributed by atoms with van der Waals surface area (Å²) in [4.78, 5) is 29.8. The number of hydrogen-bond acceptors (Lipinski definition) is 6. The van der Waals surface area contributed by atoms with Crippen LogP contribution in [0.5, 0.6) is 0 Å². The number of β-amino-alcohol motifs (C(OH)–C–C–N with tert-alkyl or cyclic N) is 1. The first kappa shape index (κ1) is 21.1. The number of aliphatic hydroxyl groups is 1. The molecule has 0 radical (unpaired) electrons. The Balaban J connectivity index is 1.28. The van der Waals surface area contributed by atoms with E-state index in [0.29, 0.717) is 31.6 Å². The highest BCUT2D eigenvalue weighted by atomic mass is 16.3. The van der Waals surface area contributed by atoms with E-state index in [1.165, 1.54) is 0 Å². The van der Waals surface area contributed by atoms with Gasteiger partial charge in [-0.15, -0.1) is 0 Å². The summed E-state index contributed by atoms with van der Waals surface area (Å²) in [6.45, 7) is 2.03. The molecule has 8 nitrogen and oxygen atoms in total. The molecule has 168 valence electrons. The van der Waals surface area contributed by atoms with Crippen LogP contribution in [0.2, 0.25) is 0 Å². The van der Waals surface area contributed by atoms with E-state index >= 15 is 0 Å². The minimum absolute atomic E-state index is 0.106. The zero-order valence-electron chi connectivity index (χ0n) is 18.5. The number of likely N-dealkylation sites (N-methyl/N-ethyl adjacent to an activating group) is 1. The highest BCUT2D eigenvalue weighted by molar-refractivity contribution is 5.94. The zero-order chi connectivity index (χ0) is 22.8. The number of hydrogen-bond donors (Lipinski definition) is 1. The van der Waals surface area contributed by atoms with Crippen molar-refractivity contribution >= 4 is 22.6 Å². The molecule has 1 unspecified atom stereocenters. The van der Waals surface area contributed by atoms with Crippen molar-refractivity contribution in [3.8, 4) is 0 Å². The van der Waals surface area contributed by atoms with Crippen LogP contribution < -0.4 is 4.90 Å². The first-order chi connectivity index (χ1) is 16.0. The molecule has 0 saturated carbocycles. The van der Waals surface area contributed by atoms with Crippen LogP contribution in [0.25, 0.3) is 11.0 Å². The SMILES string of the molecule is CN(CC1(O)CCN(c2ccnc3cccnc23)C1)C(=O)c1cccc(Cn2ccnc2)c1. The monoisotopic (exact) mass is 442 g/mol. The number of benzene rings is 1. The maximum absolute atomic E-state index is 13.1. The van der Waals surface area contributed by atoms with Crippen LogP contribution in [-0.4, -0.2) is 67.7 Å². The summed E-state index contributed by atoms with van der Waals surface area (Å²) in [7, 11) is 1.74. The summed E-state index contributed by atoms with van der Waals surface area (Å²) in [5.41, 5.74) is 3.24. The number of nitrogens with zero attached hydrogens (tertiary/aromatic N) is 6. The molecule has 5 rings (SSSR count). The van der Waals surface area contributed by atoms with E-state index in [1.807, 2.05) is 53.2 Å². The number of fused-ring (bicyclic) bond motifs is 1. The second-order valence-electron chi connectivity index (χ2n) is 8.69. The van der Waals surface area contributed by atoms with Crippen LogP contribution in [0.3, 0.4) is 0 Å². The third-order valence-electron chi connectivity index (χ3n) is 6.12. The Kier molecular flexibility index (Phi) is 5.51. The molecule has 1 fully saturated rings. The van der Waals surface area contributed by atoms with E-state index in [4.69, 9.17) is 0 Å². The first-order valence-corrected chi connectivity index (χ1v) is 11.0. The van der Waals surface area contributed by atoms with Gasteiger partial charge in [-0.3, -0.25) is 14.8 Å². The second-order valence-corrected chi connectivity index (χ2v) is 8.69. The largest absolute Gasteiger partial charge is 0.386 e. The predicted molar refractivity (Wildman–Crippen MR) is 126 cm³/mol. The average Bonchev–Trinajstić information content (AvgIpc) is 3.48. The summed E-state index contributed by atoms with van der Waals surface area (Å²) < 4.78 is 1.96. The molecule has 1 aliphatic rings. The highest BCUT2D eigenvalue weighted by Gasteiger charge is 2.38. The molecule has 0 aliphatic carbocycles. The van der Waals surface area contributed by atoms with Gasteiger partial charge in [0, 0.05) is 57.0 Å². The van der Waals surface area contributed by atoms with Crippen molar-refractivity contribution in [2.45, 2.75) is 18.6 Å². The number of pyridine rings is 2. The highest BCUT2D eigenvalue weighted by Crippen LogP contribution is 2.31. The molecule has 33 heavy (non-hydrogen) atoms. The minimum atomic E-state index is -0.997. The second kappa shape index (κ2) is 8.63. The maximum Gasteiger partial charge on any atom is 0.253 e. The van der Waals surface area contributed by atoms with Gasteiger partial charge in [0.1, 0.15) is 11.1 Å². The van der Waals surface area contributed by atoms with Gasteiger partial charge in [-0.2, -0.15) is 0 Å². The molecule has 4 heterocycles. The van der Waals surface area contributed by atoms with Crippen LogP contribution in [0.15, 0.2) is 73.6 Å². The molecule has 1 atom stereocenters. The summed E-state index contributed by atoms with van der Waals surface area (Å²) >= 11 is 0. The molecular formula is C25H26N6O2. The van der Waals surface area contributed by atoms with Crippen LogP contribution in [0, 0.1) is 0 Å². The van der Waals surface area contributed by atoms with E-state index in [0.717, 1.165) is 22.3 Å². The van der Waals surface area contributed by atoms with E-state index in [2.05, 4.69) is 19.9 Å². The van der Waals surface area contributed by atoms with Crippen molar-refractivity contribution in [1.29, 1.82) is 0 Å². The fourth-order valence-electron chi connectivity index (χ4n) is 4.54. The summed E-state index contributed by atoms with van der Waals surface area (Å²) in [6, 6.07) is 13.3. The van der Waals surface area contributed by atoms with Crippen molar-refractivity contribution in [3.05, 3.63) is 84.7 Å². The molecule has 0 spiro atoms. The number of rotatable bonds is 6. The van der Waals surface area contributed by atoms with Crippen molar-refractivity contribution in [3.63, 3.8) is 0 Å². The van der Waals surface area contributed by atoms with Crippen molar-refractivity contribution in [2.75, 3.05) is 31.6 Å². The van der Waals surface area contributed by atoms with Gasteiger partial charge in [-0.1, -0.05) is 12.1 Å². The molecule has 1 amide bonds. The number of carbonyl (C=O) groups is 1. The van der Waals surface area contributed by atoms with Crippen molar-refractivity contribution in [2.24, 2.45) is 0 Å². The van der Waals surface area contributed by atoms with Gasteiger partial charge in [0.25, 0.3) is 5.91 Å². The Hall–Kier alpha value is -3.78. The molecule has 4 aromatic rings. The van der Waals surface area contributed by atoms with Gasteiger partial charge in [-0.05, 0) is 42.3 Å². The smallest absolute Gasteiger partial charge is 0.253 e. The predicted octanol–water partition coefficient (Wildman–Crippen LogP) is 2.59. The summed E-state index contributed by atoms with van der Waals surface area (Å²) in [5.74, 6) is -0.106. The molecule has 1 N–H and O–H groups in total. The lowest BCUT2D eigenvalue weighted by Crippen LogP contribution is -2.45. The molecule has 1 aliphatic heterocycles. The fraction of sp³-hybridized carbons (Fsp3) is 0.280. The Morgan fingerprint density at radius 2 is 2.06 bits per heavy atom. The van der Waals surface area contributed by atoms with Crippen molar-refractivity contribution < 1.29 is 9.90 Å². The molecule has 1 aromatic carbocycles. The van der Waals surface area contributed by atoms with E-state index in [1.54, 1.807) is 36.9 Å². The average molecular weight is 443 g/mol. The fourth-order valence-corrected chi connectivity index (χ4v) is 4.54. The van der Waals surface area contributed by atoms with Gasteiger partial charge in [-0.25, -0.2) is 4.98 Å². The van der Waals surface area contributed by atoms with E-state index in [-0.39, 0.29) is 12.5 Å². The zero-order valence-corrected chi connectivity index (χ0v) is 18.5. The van der Waals surface area contributed by atoms with E-state index in [9.17, 15) is 9.90 Å². The van der Waals surface area contributed by atoms with E-state index < -0.39 is 5.60 Å². The Bertz CT molecular complexity index is 1270. The lowest BCUT2D eigenvalue weighted by molar-refractivity contribution is 0.0264. The third-order valence-corrected chi connectivity index (χ3v) is 6.12. The molecular weight excluding hydrogens is 416 g/mol. The molecule has 8 heteroatoms. The summed E-state index contributed by atoms with van der Waals surface area (Å²) in [6.07, 6.45) is 9.47. The molecule has 3 aromatic heterocycles. The molecule has 0 bridgehead atoms. The van der Waals surface area contributed by atoms with Crippen LogP contribution in [0.4, 0.5) is 5.69 Å². The number of anilines is 1. The molecule has 1 saturated heterocycles. The quantitative estimate of drug-likeness (QED) is 0.494. The van der Waals surface area contributed by atoms with Crippen molar-refractivity contribution in [1.82, 2.24) is 24.4 Å². The Morgan fingerprint density at radius 3 is 2.91 bits per heavy atom. The van der Waals surface area contributed by atoms with Gasteiger partial charge >= 0.3 is 0 Å². The van der Waals surface area contributed by atoms with Crippen LogP contribution in [0.1, 0.15) is 22.3 Å². The lowest BCUT2D eigenvalue weighted by atomic mass is 10.0. The first-order valence-electron chi connectivity index (χ1n) is 11.0. The number of carbonyl (C=O) groups excluding carboxylic acids is 1. The van der Waals surface area contributed by atoms with Crippen LogP contribution >= 0.6 is 0 Å². The van der Waals surface area contributed by atoms with Gasteiger partial charge in [0.05, 0.1) is 24.1 Å². The number of aromatic nitrogens is 4. The maximum atomic E-state index is 13.1. The van der Waals surface area contributed by atoms with Gasteiger partial charge in [0.2, 0.25) is 0 Å².